The molecular weight excluding hydrogens is 344 g/mol. The van der Waals surface area contributed by atoms with E-state index in [1.807, 2.05) is 42.6 Å². The van der Waals surface area contributed by atoms with Crippen molar-refractivity contribution in [3.63, 3.8) is 0 Å². The Bertz CT molecular complexity index is 880. The van der Waals surface area contributed by atoms with Crippen molar-refractivity contribution in [2.75, 3.05) is 12.3 Å². The van der Waals surface area contributed by atoms with E-state index in [4.69, 9.17) is 22.1 Å². The first-order valence-corrected chi connectivity index (χ1v) is 9.24. The van der Waals surface area contributed by atoms with Crippen LogP contribution in [-0.4, -0.2) is 11.6 Å². The average Bonchev–Trinajstić information content (AvgIpc) is 2.66. The Hall–Kier alpha value is -2.52. The van der Waals surface area contributed by atoms with Crippen molar-refractivity contribution in [2.24, 2.45) is 0 Å². The lowest BCUT2D eigenvalue weighted by Gasteiger charge is -2.10. The first-order chi connectivity index (χ1) is 12.7. The summed E-state index contributed by atoms with van der Waals surface area (Å²) in [6.45, 7) is 2.74. The standard InChI is InChI=1S/C22H23ClN2O/c1-2-17-12-18(8-9-22(17)24)19-13-21(15-25-14-19)26-10-4-6-16-5-3-7-20(23)11-16/h3,5,7-9,11-15H,2,4,6,10,24H2,1H3. The van der Waals surface area contributed by atoms with Gasteiger partial charge in [0.1, 0.15) is 5.75 Å². The number of benzene rings is 2. The third kappa shape index (κ3) is 4.77. The van der Waals surface area contributed by atoms with E-state index in [1.165, 1.54) is 5.56 Å². The van der Waals surface area contributed by atoms with Crippen molar-refractivity contribution >= 4 is 17.3 Å². The second kappa shape index (κ2) is 8.72. The molecule has 0 bridgehead atoms. The van der Waals surface area contributed by atoms with Crippen LogP contribution in [0.1, 0.15) is 24.5 Å². The number of anilines is 1. The van der Waals surface area contributed by atoms with Gasteiger partial charge in [-0.2, -0.15) is 0 Å². The summed E-state index contributed by atoms with van der Waals surface area (Å²) in [6.07, 6.45) is 6.37. The van der Waals surface area contributed by atoms with Gasteiger partial charge in [-0.25, -0.2) is 0 Å². The van der Waals surface area contributed by atoms with Gasteiger partial charge in [0.2, 0.25) is 0 Å². The van der Waals surface area contributed by atoms with Crippen LogP contribution in [0, 0.1) is 0 Å². The van der Waals surface area contributed by atoms with Crippen LogP contribution in [0.5, 0.6) is 5.75 Å². The molecule has 0 aliphatic rings. The van der Waals surface area contributed by atoms with Crippen LogP contribution < -0.4 is 10.5 Å². The Balaban J connectivity index is 1.61. The van der Waals surface area contributed by atoms with Gasteiger partial charge < -0.3 is 10.5 Å². The van der Waals surface area contributed by atoms with Crippen molar-refractivity contribution in [3.05, 3.63) is 77.1 Å². The van der Waals surface area contributed by atoms with Crippen LogP contribution in [0.15, 0.2) is 60.9 Å². The highest BCUT2D eigenvalue weighted by Crippen LogP contribution is 2.26. The molecule has 0 atom stereocenters. The first kappa shape index (κ1) is 18.3. The molecule has 0 saturated carbocycles. The molecule has 0 saturated heterocycles. The van der Waals surface area contributed by atoms with Gasteiger partial charge in [0.05, 0.1) is 12.8 Å². The van der Waals surface area contributed by atoms with Crippen LogP contribution in [-0.2, 0) is 12.8 Å². The molecule has 3 rings (SSSR count). The number of aryl methyl sites for hydroxylation is 2. The number of nitrogens with two attached hydrogens (primary N) is 1. The highest BCUT2D eigenvalue weighted by atomic mass is 35.5. The number of nitrogen functional groups attached to an aromatic ring is 1. The maximum absolute atomic E-state index is 6.01. The fourth-order valence-corrected chi connectivity index (χ4v) is 3.12. The third-order valence-electron chi connectivity index (χ3n) is 4.34. The Morgan fingerprint density at radius 2 is 1.92 bits per heavy atom. The minimum absolute atomic E-state index is 0.638. The predicted molar refractivity (Wildman–Crippen MR) is 109 cm³/mol. The number of pyridine rings is 1. The van der Waals surface area contributed by atoms with Gasteiger partial charge in [-0.1, -0.05) is 36.7 Å². The molecule has 1 aromatic heterocycles. The van der Waals surface area contributed by atoms with Gasteiger partial charge in [0.15, 0.2) is 0 Å². The zero-order chi connectivity index (χ0) is 18.4. The molecule has 0 fully saturated rings. The zero-order valence-corrected chi connectivity index (χ0v) is 15.7. The molecule has 26 heavy (non-hydrogen) atoms. The van der Waals surface area contributed by atoms with Crippen molar-refractivity contribution in [1.82, 2.24) is 4.98 Å². The van der Waals surface area contributed by atoms with E-state index in [0.29, 0.717) is 6.61 Å². The van der Waals surface area contributed by atoms with Crippen LogP contribution in [0.25, 0.3) is 11.1 Å². The number of nitrogens with zero attached hydrogens (tertiary/aromatic N) is 1. The molecule has 134 valence electrons. The Morgan fingerprint density at radius 1 is 1.04 bits per heavy atom. The normalized spacial score (nSPS) is 10.7. The van der Waals surface area contributed by atoms with Crippen LogP contribution in [0.4, 0.5) is 5.69 Å². The van der Waals surface area contributed by atoms with Crippen LogP contribution >= 0.6 is 11.6 Å². The third-order valence-corrected chi connectivity index (χ3v) is 4.57. The lowest BCUT2D eigenvalue weighted by Crippen LogP contribution is -2.00. The lowest BCUT2D eigenvalue weighted by molar-refractivity contribution is 0.310. The quantitative estimate of drug-likeness (QED) is 0.440. The van der Waals surface area contributed by atoms with E-state index in [1.54, 1.807) is 6.20 Å². The number of hydrogen-bond acceptors (Lipinski definition) is 3. The average molecular weight is 367 g/mol. The molecule has 0 aliphatic carbocycles. The number of halogens is 1. The van der Waals surface area contributed by atoms with E-state index in [-0.39, 0.29) is 0 Å². The second-order valence-electron chi connectivity index (χ2n) is 6.26. The summed E-state index contributed by atoms with van der Waals surface area (Å²) < 4.78 is 5.88. The van der Waals surface area contributed by atoms with E-state index < -0.39 is 0 Å². The highest BCUT2D eigenvalue weighted by molar-refractivity contribution is 6.30. The van der Waals surface area contributed by atoms with E-state index in [0.717, 1.165) is 52.4 Å². The molecule has 4 heteroatoms. The molecular formula is C22H23ClN2O. The molecule has 0 amide bonds. The van der Waals surface area contributed by atoms with Crippen LogP contribution in [0.3, 0.4) is 0 Å². The van der Waals surface area contributed by atoms with Crippen molar-refractivity contribution in [3.8, 4) is 16.9 Å². The summed E-state index contributed by atoms with van der Waals surface area (Å²) in [5.41, 5.74) is 11.3. The fourth-order valence-electron chi connectivity index (χ4n) is 2.91. The molecule has 3 nitrogen and oxygen atoms in total. The summed E-state index contributed by atoms with van der Waals surface area (Å²) in [7, 11) is 0. The predicted octanol–water partition coefficient (Wildman–Crippen LogP) is 5.56. The molecule has 2 aromatic carbocycles. The first-order valence-electron chi connectivity index (χ1n) is 8.87. The van der Waals surface area contributed by atoms with Gasteiger partial charge >= 0.3 is 0 Å². The number of hydrogen-bond donors (Lipinski definition) is 1. The van der Waals surface area contributed by atoms with Gasteiger partial charge in [-0.3, -0.25) is 4.98 Å². The molecule has 0 spiro atoms. The van der Waals surface area contributed by atoms with Gasteiger partial charge in [-0.05, 0) is 66.3 Å². The van der Waals surface area contributed by atoms with E-state index in [2.05, 4.69) is 24.0 Å². The monoisotopic (exact) mass is 366 g/mol. The second-order valence-corrected chi connectivity index (χ2v) is 6.69. The largest absolute Gasteiger partial charge is 0.492 e. The van der Waals surface area contributed by atoms with Gasteiger partial charge in [0.25, 0.3) is 0 Å². The maximum atomic E-state index is 6.01. The maximum Gasteiger partial charge on any atom is 0.138 e. The highest BCUT2D eigenvalue weighted by Gasteiger charge is 2.05. The topological polar surface area (TPSA) is 48.1 Å². The minimum Gasteiger partial charge on any atom is -0.492 e. The van der Waals surface area contributed by atoms with Crippen LogP contribution in [0.2, 0.25) is 5.02 Å². The minimum atomic E-state index is 0.638. The molecule has 1 heterocycles. The van der Waals surface area contributed by atoms with Crippen molar-refractivity contribution < 1.29 is 4.74 Å². The molecule has 2 N–H and O–H groups in total. The number of aromatic nitrogens is 1. The van der Waals surface area contributed by atoms with Crippen molar-refractivity contribution in [1.29, 1.82) is 0 Å². The molecule has 0 radical (unpaired) electrons. The van der Waals surface area contributed by atoms with Gasteiger partial charge in [0, 0.05) is 22.5 Å². The van der Waals surface area contributed by atoms with E-state index in [9.17, 15) is 0 Å². The number of rotatable bonds is 7. The molecule has 3 aromatic rings. The van der Waals surface area contributed by atoms with E-state index >= 15 is 0 Å². The molecule has 0 aliphatic heterocycles. The van der Waals surface area contributed by atoms with Gasteiger partial charge in [-0.15, -0.1) is 0 Å². The Morgan fingerprint density at radius 3 is 2.73 bits per heavy atom. The Labute approximate surface area is 159 Å². The number of ether oxygens (including phenoxy) is 1. The van der Waals surface area contributed by atoms with Crippen molar-refractivity contribution in [2.45, 2.75) is 26.2 Å². The lowest BCUT2D eigenvalue weighted by atomic mass is 10.0. The summed E-state index contributed by atoms with van der Waals surface area (Å²) in [5.74, 6) is 0.781. The molecule has 0 unspecified atom stereocenters. The zero-order valence-electron chi connectivity index (χ0n) is 14.9. The Kier molecular flexibility index (Phi) is 6.13. The SMILES string of the molecule is CCc1cc(-c2cncc(OCCCc3cccc(Cl)c3)c2)ccc1N. The summed E-state index contributed by atoms with van der Waals surface area (Å²) >= 11 is 6.01. The summed E-state index contributed by atoms with van der Waals surface area (Å²) in [5, 5.41) is 0.773. The summed E-state index contributed by atoms with van der Waals surface area (Å²) in [4.78, 5) is 4.31. The summed E-state index contributed by atoms with van der Waals surface area (Å²) in [6, 6.07) is 16.1. The fraction of sp³-hybridized carbons (Fsp3) is 0.227. The smallest absolute Gasteiger partial charge is 0.138 e.